The van der Waals surface area contributed by atoms with Crippen molar-refractivity contribution < 1.29 is 4.39 Å². The molecular weight excluding hydrogens is 319 g/mol. The summed E-state index contributed by atoms with van der Waals surface area (Å²) in [6, 6.07) is 13.0. The van der Waals surface area contributed by atoms with Crippen LogP contribution < -0.4 is 5.32 Å². The van der Waals surface area contributed by atoms with Crippen LogP contribution in [0.5, 0.6) is 0 Å². The molecule has 0 bridgehead atoms. The van der Waals surface area contributed by atoms with E-state index in [4.69, 9.17) is 0 Å². The van der Waals surface area contributed by atoms with Gasteiger partial charge in [-0.15, -0.1) is 0 Å². The van der Waals surface area contributed by atoms with E-state index in [9.17, 15) is 4.39 Å². The van der Waals surface area contributed by atoms with Crippen molar-refractivity contribution in [2.45, 2.75) is 6.04 Å². The first kappa shape index (κ1) is 15.0. The summed E-state index contributed by atoms with van der Waals surface area (Å²) in [5, 5.41) is 3.09. The first-order valence-electron chi connectivity index (χ1n) is 6.42. The molecule has 2 rings (SSSR count). The maximum absolute atomic E-state index is 14.2. The molecule has 2 aromatic carbocycles. The Balaban J connectivity index is 2.47. The van der Waals surface area contributed by atoms with Crippen molar-refractivity contribution in [2.24, 2.45) is 0 Å². The van der Waals surface area contributed by atoms with Crippen LogP contribution >= 0.6 is 15.9 Å². The van der Waals surface area contributed by atoms with Crippen LogP contribution in [-0.4, -0.2) is 26.0 Å². The first-order valence-corrected chi connectivity index (χ1v) is 7.21. The SMILES string of the molecule is CNc1ccc(C(c2cc(Br)ccc2F)N(C)C)cc1. The molecule has 0 fully saturated rings. The van der Waals surface area contributed by atoms with Crippen LogP contribution in [0.3, 0.4) is 0 Å². The molecule has 0 saturated heterocycles. The van der Waals surface area contributed by atoms with Crippen molar-refractivity contribution in [1.82, 2.24) is 4.90 Å². The van der Waals surface area contributed by atoms with Gasteiger partial charge in [0.15, 0.2) is 0 Å². The predicted molar refractivity (Wildman–Crippen MR) is 85.6 cm³/mol. The van der Waals surface area contributed by atoms with E-state index in [1.807, 2.05) is 56.4 Å². The number of nitrogens with zero attached hydrogens (tertiary/aromatic N) is 1. The van der Waals surface area contributed by atoms with Crippen LogP contribution in [-0.2, 0) is 0 Å². The molecule has 0 amide bonds. The van der Waals surface area contributed by atoms with Gasteiger partial charge in [0.05, 0.1) is 6.04 Å². The number of rotatable bonds is 4. The van der Waals surface area contributed by atoms with E-state index in [-0.39, 0.29) is 11.9 Å². The average Bonchev–Trinajstić information content (AvgIpc) is 2.43. The Bertz CT molecular complexity index is 582. The van der Waals surface area contributed by atoms with Gasteiger partial charge in [-0.05, 0) is 50.0 Å². The molecular formula is C16H18BrFN2. The van der Waals surface area contributed by atoms with Crippen molar-refractivity contribution in [1.29, 1.82) is 0 Å². The van der Waals surface area contributed by atoms with Gasteiger partial charge in [-0.1, -0.05) is 28.1 Å². The summed E-state index contributed by atoms with van der Waals surface area (Å²) in [5.74, 6) is -0.190. The Hall–Kier alpha value is -1.39. The van der Waals surface area contributed by atoms with Gasteiger partial charge in [0.1, 0.15) is 5.82 Å². The summed E-state index contributed by atoms with van der Waals surface area (Å²) in [7, 11) is 5.79. The number of benzene rings is 2. The maximum Gasteiger partial charge on any atom is 0.128 e. The van der Waals surface area contributed by atoms with Crippen LogP contribution in [0.15, 0.2) is 46.9 Å². The molecule has 2 nitrogen and oxygen atoms in total. The zero-order valence-electron chi connectivity index (χ0n) is 11.8. The Morgan fingerprint density at radius 1 is 1.10 bits per heavy atom. The standard InChI is InChI=1S/C16H18BrFN2/c1-19-13-7-4-11(5-8-13)16(20(2)3)14-10-12(17)6-9-15(14)18/h4-10,16,19H,1-3H3. The molecule has 0 aliphatic rings. The van der Waals surface area contributed by atoms with Gasteiger partial charge in [0.25, 0.3) is 0 Å². The topological polar surface area (TPSA) is 15.3 Å². The Kier molecular flexibility index (Phi) is 4.78. The van der Waals surface area contributed by atoms with E-state index in [1.54, 1.807) is 6.07 Å². The predicted octanol–water partition coefficient (Wildman–Crippen LogP) is 4.28. The zero-order valence-corrected chi connectivity index (χ0v) is 13.4. The molecule has 106 valence electrons. The number of nitrogens with one attached hydrogen (secondary N) is 1. The monoisotopic (exact) mass is 336 g/mol. The molecule has 1 N–H and O–H groups in total. The molecule has 0 saturated carbocycles. The molecule has 20 heavy (non-hydrogen) atoms. The minimum atomic E-state index is -0.190. The minimum absolute atomic E-state index is 0.113. The number of hydrogen-bond donors (Lipinski definition) is 1. The first-order chi connectivity index (χ1) is 9.52. The summed E-state index contributed by atoms with van der Waals surface area (Å²) in [4.78, 5) is 2.01. The van der Waals surface area contributed by atoms with Crippen LogP contribution in [0, 0.1) is 5.82 Å². The smallest absolute Gasteiger partial charge is 0.128 e. The normalized spacial score (nSPS) is 12.5. The fourth-order valence-corrected chi connectivity index (χ4v) is 2.69. The van der Waals surface area contributed by atoms with E-state index < -0.39 is 0 Å². The fraction of sp³-hybridized carbons (Fsp3) is 0.250. The summed E-state index contributed by atoms with van der Waals surface area (Å²) < 4.78 is 15.0. The second kappa shape index (κ2) is 6.37. The van der Waals surface area contributed by atoms with Crippen molar-refractivity contribution in [2.75, 3.05) is 26.5 Å². The average molecular weight is 337 g/mol. The molecule has 0 aliphatic carbocycles. The summed E-state index contributed by atoms with van der Waals surface area (Å²) in [5.41, 5.74) is 2.77. The van der Waals surface area contributed by atoms with Gasteiger partial charge >= 0.3 is 0 Å². The van der Waals surface area contributed by atoms with E-state index >= 15 is 0 Å². The van der Waals surface area contributed by atoms with E-state index in [2.05, 4.69) is 21.2 Å². The van der Waals surface area contributed by atoms with E-state index in [0.29, 0.717) is 5.56 Å². The number of hydrogen-bond acceptors (Lipinski definition) is 2. The summed E-state index contributed by atoms with van der Waals surface area (Å²) in [6.45, 7) is 0. The third-order valence-electron chi connectivity index (χ3n) is 3.28. The van der Waals surface area contributed by atoms with Gasteiger partial charge in [-0.25, -0.2) is 4.39 Å². The van der Waals surface area contributed by atoms with Gasteiger partial charge in [-0.2, -0.15) is 0 Å². The van der Waals surface area contributed by atoms with E-state index in [1.165, 1.54) is 6.07 Å². The van der Waals surface area contributed by atoms with Gasteiger partial charge < -0.3 is 5.32 Å². The third kappa shape index (κ3) is 3.19. The molecule has 0 aliphatic heterocycles. The Morgan fingerprint density at radius 2 is 1.75 bits per heavy atom. The van der Waals surface area contributed by atoms with Gasteiger partial charge in [-0.3, -0.25) is 4.90 Å². The van der Waals surface area contributed by atoms with Crippen molar-refractivity contribution in [3.63, 3.8) is 0 Å². The molecule has 2 aromatic rings. The second-order valence-electron chi connectivity index (χ2n) is 4.90. The Labute approximate surface area is 127 Å². The molecule has 0 aromatic heterocycles. The lowest BCUT2D eigenvalue weighted by atomic mass is 9.97. The highest BCUT2D eigenvalue weighted by molar-refractivity contribution is 9.10. The quantitative estimate of drug-likeness (QED) is 0.896. The largest absolute Gasteiger partial charge is 0.388 e. The minimum Gasteiger partial charge on any atom is -0.388 e. The summed E-state index contributed by atoms with van der Waals surface area (Å²) >= 11 is 3.41. The van der Waals surface area contributed by atoms with Gasteiger partial charge in [0.2, 0.25) is 0 Å². The second-order valence-corrected chi connectivity index (χ2v) is 5.82. The highest BCUT2D eigenvalue weighted by Crippen LogP contribution is 2.31. The number of halogens is 2. The zero-order chi connectivity index (χ0) is 14.7. The number of anilines is 1. The van der Waals surface area contributed by atoms with Crippen LogP contribution in [0.2, 0.25) is 0 Å². The van der Waals surface area contributed by atoms with Crippen LogP contribution in [0.1, 0.15) is 17.2 Å². The Morgan fingerprint density at radius 3 is 2.30 bits per heavy atom. The van der Waals surface area contributed by atoms with Crippen molar-refractivity contribution in [3.05, 3.63) is 63.9 Å². The molecule has 0 spiro atoms. The van der Waals surface area contributed by atoms with Crippen LogP contribution in [0.4, 0.5) is 10.1 Å². The van der Waals surface area contributed by atoms with Gasteiger partial charge in [0, 0.05) is 22.8 Å². The van der Waals surface area contributed by atoms with Crippen molar-refractivity contribution >= 4 is 21.6 Å². The molecule has 1 atom stereocenters. The molecule has 0 radical (unpaired) electrons. The lowest BCUT2D eigenvalue weighted by Gasteiger charge is -2.26. The van der Waals surface area contributed by atoms with Crippen LogP contribution in [0.25, 0.3) is 0 Å². The lowest BCUT2D eigenvalue weighted by molar-refractivity contribution is 0.333. The summed E-state index contributed by atoms with van der Waals surface area (Å²) in [6.07, 6.45) is 0. The lowest BCUT2D eigenvalue weighted by Crippen LogP contribution is -2.22. The van der Waals surface area contributed by atoms with Crippen molar-refractivity contribution in [3.8, 4) is 0 Å². The third-order valence-corrected chi connectivity index (χ3v) is 3.78. The highest BCUT2D eigenvalue weighted by Gasteiger charge is 2.20. The maximum atomic E-state index is 14.2. The molecule has 1 unspecified atom stereocenters. The van der Waals surface area contributed by atoms with E-state index in [0.717, 1.165) is 15.7 Å². The molecule has 0 heterocycles. The highest BCUT2D eigenvalue weighted by atomic mass is 79.9. The molecule has 4 heteroatoms. The fourth-order valence-electron chi connectivity index (χ4n) is 2.31.